The van der Waals surface area contributed by atoms with E-state index in [0.29, 0.717) is 6.54 Å². The molecule has 146 valence electrons. The molecule has 5 nitrogen and oxygen atoms in total. The minimum absolute atomic E-state index is 0.234. The molecule has 0 spiro atoms. The number of ether oxygens (including phenoxy) is 2. The third-order valence-electron chi connectivity index (χ3n) is 4.62. The van der Waals surface area contributed by atoms with Crippen molar-refractivity contribution < 1.29 is 19.1 Å². The van der Waals surface area contributed by atoms with E-state index in [4.69, 9.17) is 9.47 Å². The van der Waals surface area contributed by atoms with Crippen molar-refractivity contribution in [3.8, 4) is 5.75 Å². The monoisotopic (exact) mass is 371 g/mol. The van der Waals surface area contributed by atoms with Gasteiger partial charge in [-0.1, -0.05) is 50.5 Å². The van der Waals surface area contributed by atoms with E-state index in [1.807, 2.05) is 36.4 Å². The molecule has 2 aromatic rings. The summed E-state index contributed by atoms with van der Waals surface area (Å²) in [4.78, 5) is 24.1. The molecule has 0 fully saturated rings. The highest BCUT2D eigenvalue weighted by atomic mass is 16.5. The summed E-state index contributed by atoms with van der Waals surface area (Å²) in [5.74, 6) is -0.293. The molecule has 0 aliphatic carbocycles. The van der Waals surface area contributed by atoms with E-state index in [9.17, 15) is 9.59 Å². The molecule has 2 rings (SSSR count). The summed E-state index contributed by atoms with van der Waals surface area (Å²) in [6.07, 6.45) is 4.37. The number of unbranched alkanes of at least 4 members (excludes halogenated alkanes) is 3. The molecule has 5 heteroatoms. The Hall–Kier alpha value is -2.56. The number of carbonyl (C=O) groups is 2. The zero-order valence-electron chi connectivity index (χ0n) is 16.4. The number of benzene rings is 2. The molecule has 0 aliphatic heterocycles. The van der Waals surface area contributed by atoms with E-state index in [-0.39, 0.29) is 12.5 Å². The van der Waals surface area contributed by atoms with Gasteiger partial charge in [-0.3, -0.25) is 9.59 Å². The van der Waals surface area contributed by atoms with Crippen LogP contribution in [-0.2, 0) is 14.3 Å². The van der Waals surface area contributed by atoms with Crippen molar-refractivity contribution in [2.24, 2.45) is 0 Å². The van der Waals surface area contributed by atoms with E-state index >= 15 is 0 Å². The quantitative estimate of drug-likeness (QED) is 0.502. The SMILES string of the molecule is CCCCCCNC(=O)COC(=O)[C@@H](C)c1ccc2cc(OC)ccc2c1. The first-order chi connectivity index (χ1) is 13.0. The van der Waals surface area contributed by atoms with Crippen LogP contribution in [0.2, 0.25) is 0 Å². The van der Waals surface area contributed by atoms with Gasteiger partial charge in [0.2, 0.25) is 0 Å². The average molecular weight is 371 g/mol. The van der Waals surface area contributed by atoms with Crippen LogP contribution < -0.4 is 10.1 Å². The van der Waals surface area contributed by atoms with Crippen LogP contribution in [-0.4, -0.2) is 32.1 Å². The van der Waals surface area contributed by atoms with Crippen LogP contribution in [0.15, 0.2) is 36.4 Å². The van der Waals surface area contributed by atoms with Gasteiger partial charge >= 0.3 is 5.97 Å². The highest BCUT2D eigenvalue weighted by molar-refractivity contribution is 5.87. The predicted molar refractivity (Wildman–Crippen MR) is 107 cm³/mol. The van der Waals surface area contributed by atoms with Crippen molar-refractivity contribution in [1.82, 2.24) is 5.32 Å². The van der Waals surface area contributed by atoms with E-state index in [1.165, 1.54) is 6.42 Å². The Morgan fingerprint density at radius 3 is 2.52 bits per heavy atom. The summed E-state index contributed by atoms with van der Waals surface area (Å²) in [5.41, 5.74) is 0.859. The molecule has 27 heavy (non-hydrogen) atoms. The lowest BCUT2D eigenvalue weighted by atomic mass is 9.98. The summed E-state index contributed by atoms with van der Waals surface area (Å²) < 4.78 is 10.4. The van der Waals surface area contributed by atoms with Crippen LogP contribution in [0.25, 0.3) is 10.8 Å². The van der Waals surface area contributed by atoms with Gasteiger partial charge in [0.1, 0.15) is 5.75 Å². The molecule has 0 unspecified atom stereocenters. The largest absolute Gasteiger partial charge is 0.497 e. The maximum Gasteiger partial charge on any atom is 0.313 e. The fourth-order valence-corrected chi connectivity index (χ4v) is 2.87. The van der Waals surface area contributed by atoms with Crippen molar-refractivity contribution >= 4 is 22.6 Å². The number of amides is 1. The molecule has 1 amide bonds. The van der Waals surface area contributed by atoms with Crippen LogP contribution in [0.3, 0.4) is 0 Å². The average Bonchev–Trinajstić information content (AvgIpc) is 2.70. The molecule has 0 aliphatic rings. The zero-order valence-corrected chi connectivity index (χ0v) is 16.4. The maximum atomic E-state index is 12.3. The van der Waals surface area contributed by atoms with Crippen molar-refractivity contribution in [3.63, 3.8) is 0 Å². The first kappa shape index (κ1) is 20.7. The Balaban J connectivity index is 1.85. The summed E-state index contributed by atoms with van der Waals surface area (Å²) in [5, 5.41) is 4.85. The second kappa shape index (κ2) is 10.6. The molecule has 0 saturated heterocycles. The van der Waals surface area contributed by atoms with Gasteiger partial charge in [0.15, 0.2) is 6.61 Å². The smallest absolute Gasteiger partial charge is 0.313 e. The molecule has 0 heterocycles. The zero-order chi connectivity index (χ0) is 19.6. The highest BCUT2D eigenvalue weighted by Gasteiger charge is 2.18. The van der Waals surface area contributed by atoms with E-state index in [0.717, 1.165) is 41.3 Å². The molecule has 0 radical (unpaired) electrons. The topological polar surface area (TPSA) is 64.6 Å². The number of hydrogen-bond donors (Lipinski definition) is 1. The van der Waals surface area contributed by atoms with Gasteiger partial charge in [-0.15, -0.1) is 0 Å². The number of nitrogens with one attached hydrogen (secondary N) is 1. The van der Waals surface area contributed by atoms with Crippen molar-refractivity contribution in [3.05, 3.63) is 42.0 Å². The fraction of sp³-hybridized carbons (Fsp3) is 0.455. The maximum absolute atomic E-state index is 12.3. The molecule has 0 aromatic heterocycles. The van der Waals surface area contributed by atoms with Crippen LogP contribution in [0, 0.1) is 0 Å². The van der Waals surface area contributed by atoms with Gasteiger partial charge in [-0.05, 0) is 41.8 Å². The molecule has 1 N–H and O–H groups in total. The minimum Gasteiger partial charge on any atom is -0.497 e. The number of carbonyl (C=O) groups excluding carboxylic acids is 2. The molecule has 2 aromatic carbocycles. The first-order valence-electron chi connectivity index (χ1n) is 9.56. The van der Waals surface area contributed by atoms with Gasteiger partial charge in [-0.2, -0.15) is 0 Å². The van der Waals surface area contributed by atoms with E-state index < -0.39 is 11.9 Å². The summed E-state index contributed by atoms with van der Waals surface area (Å²) in [6, 6.07) is 11.6. The van der Waals surface area contributed by atoms with Gasteiger partial charge in [0.05, 0.1) is 13.0 Å². The van der Waals surface area contributed by atoms with Gasteiger partial charge in [-0.25, -0.2) is 0 Å². The first-order valence-corrected chi connectivity index (χ1v) is 9.56. The third kappa shape index (κ3) is 6.27. The lowest BCUT2D eigenvalue weighted by Crippen LogP contribution is -2.30. The Morgan fingerprint density at radius 2 is 1.78 bits per heavy atom. The Bertz CT molecular complexity index is 772. The number of rotatable bonds is 10. The Morgan fingerprint density at radius 1 is 1.04 bits per heavy atom. The van der Waals surface area contributed by atoms with Crippen molar-refractivity contribution in [2.75, 3.05) is 20.3 Å². The Labute approximate surface area is 161 Å². The molecule has 0 saturated carbocycles. The Kier molecular flexibility index (Phi) is 8.11. The number of fused-ring (bicyclic) bond motifs is 1. The molecular weight excluding hydrogens is 342 g/mol. The van der Waals surface area contributed by atoms with E-state index in [1.54, 1.807) is 14.0 Å². The standard InChI is InChI=1S/C22H29NO4/c1-4-5-6-7-12-23-21(24)15-27-22(25)16(2)17-8-9-19-14-20(26-3)11-10-18(19)13-17/h8-11,13-14,16H,4-7,12,15H2,1-3H3,(H,23,24)/t16-/m0/s1. The lowest BCUT2D eigenvalue weighted by molar-refractivity contribution is -0.149. The van der Waals surface area contributed by atoms with Gasteiger partial charge in [0.25, 0.3) is 5.91 Å². The molecular formula is C22H29NO4. The van der Waals surface area contributed by atoms with Crippen LogP contribution in [0.1, 0.15) is 51.0 Å². The van der Waals surface area contributed by atoms with Crippen molar-refractivity contribution in [2.45, 2.75) is 45.4 Å². The van der Waals surface area contributed by atoms with Crippen LogP contribution in [0.5, 0.6) is 5.75 Å². The fourth-order valence-electron chi connectivity index (χ4n) is 2.87. The summed E-state index contributed by atoms with van der Waals surface area (Å²) in [7, 11) is 1.63. The van der Waals surface area contributed by atoms with Gasteiger partial charge < -0.3 is 14.8 Å². The van der Waals surface area contributed by atoms with Crippen LogP contribution >= 0.6 is 0 Å². The van der Waals surface area contributed by atoms with Crippen LogP contribution in [0.4, 0.5) is 0 Å². The number of hydrogen-bond acceptors (Lipinski definition) is 4. The summed E-state index contributed by atoms with van der Waals surface area (Å²) >= 11 is 0. The van der Waals surface area contributed by atoms with Crippen molar-refractivity contribution in [1.29, 1.82) is 0 Å². The number of methoxy groups -OCH3 is 1. The predicted octanol–water partition coefficient (Wildman–Crippen LogP) is 4.19. The highest BCUT2D eigenvalue weighted by Crippen LogP contribution is 2.25. The second-order valence-corrected chi connectivity index (χ2v) is 6.71. The summed E-state index contributed by atoms with van der Waals surface area (Å²) in [6.45, 7) is 4.32. The molecule has 0 bridgehead atoms. The second-order valence-electron chi connectivity index (χ2n) is 6.71. The molecule has 1 atom stereocenters. The minimum atomic E-state index is -0.436. The lowest BCUT2D eigenvalue weighted by Gasteiger charge is -2.13. The van der Waals surface area contributed by atoms with E-state index in [2.05, 4.69) is 12.2 Å². The van der Waals surface area contributed by atoms with Gasteiger partial charge in [0, 0.05) is 6.54 Å². The normalized spacial score (nSPS) is 11.8. The third-order valence-corrected chi connectivity index (χ3v) is 4.62. The number of esters is 1.